The highest BCUT2D eigenvalue weighted by molar-refractivity contribution is 7.99. The maximum absolute atomic E-state index is 3.89. The molecule has 2 heterocycles. The van der Waals surface area contributed by atoms with Crippen LogP contribution in [0, 0.1) is 11.8 Å². The molecule has 2 fully saturated rings. The second kappa shape index (κ2) is 5.09. The average molecular weight is 227 g/mol. The Bertz CT molecular complexity index is 191. The van der Waals surface area contributed by atoms with Crippen LogP contribution in [0.2, 0.25) is 0 Å². The summed E-state index contributed by atoms with van der Waals surface area (Å²) in [5, 5.41) is 3.89. The standard InChI is InChI=1S/C13H25NS/c1-11(2)13(7-3-4-8-14-13)12-6-5-9-15-10-12/h11-12,14H,3-10H2,1-2H3. The zero-order chi connectivity index (χ0) is 10.7. The predicted octanol–water partition coefficient (Wildman–Crippen LogP) is 3.30. The quantitative estimate of drug-likeness (QED) is 0.777. The van der Waals surface area contributed by atoms with Gasteiger partial charge in [0.1, 0.15) is 0 Å². The fourth-order valence-corrected chi connectivity index (χ4v) is 4.70. The Morgan fingerprint density at radius 3 is 2.67 bits per heavy atom. The summed E-state index contributed by atoms with van der Waals surface area (Å²) >= 11 is 2.17. The van der Waals surface area contributed by atoms with E-state index in [9.17, 15) is 0 Å². The minimum absolute atomic E-state index is 0.478. The molecule has 2 aliphatic heterocycles. The molecule has 15 heavy (non-hydrogen) atoms. The summed E-state index contributed by atoms with van der Waals surface area (Å²) in [6.45, 7) is 6.08. The summed E-state index contributed by atoms with van der Waals surface area (Å²) < 4.78 is 0. The molecule has 0 amide bonds. The van der Waals surface area contributed by atoms with E-state index in [1.54, 1.807) is 0 Å². The SMILES string of the molecule is CC(C)C1(C2CCCSC2)CCCCN1. The normalized spacial score (nSPS) is 38.2. The van der Waals surface area contributed by atoms with Gasteiger partial charge in [-0.15, -0.1) is 0 Å². The van der Waals surface area contributed by atoms with E-state index in [2.05, 4.69) is 30.9 Å². The molecule has 2 rings (SSSR count). The molecule has 0 aliphatic carbocycles. The fourth-order valence-electron chi connectivity index (χ4n) is 3.41. The van der Waals surface area contributed by atoms with Gasteiger partial charge in [0.15, 0.2) is 0 Å². The minimum Gasteiger partial charge on any atom is -0.311 e. The molecule has 2 saturated heterocycles. The van der Waals surface area contributed by atoms with Crippen molar-refractivity contribution in [1.82, 2.24) is 5.32 Å². The van der Waals surface area contributed by atoms with E-state index in [4.69, 9.17) is 0 Å². The van der Waals surface area contributed by atoms with Crippen LogP contribution in [0.3, 0.4) is 0 Å². The smallest absolute Gasteiger partial charge is 0.0240 e. The van der Waals surface area contributed by atoms with Gasteiger partial charge in [-0.1, -0.05) is 20.3 Å². The summed E-state index contributed by atoms with van der Waals surface area (Å²) in [4.78, 5) is 0. The molecule has 88 valence electrons. The Labute approximate surface area is 98.8 Å². The number of hydrogen-bond donors (Lipinski definition) is 1. The molecule has 0 spiro atoms. The largest absolute Gasteiger partial charge is 0.311 e. The van der Waals surface area contributed by atoms with Gasteiger partial charge in [0.05, 0.1) is 0 Å². The molecule has 0 bridgehead atoms. The van der Waals surface area contributed by atoms with Gasteiger partial charge in [0.25, 0.3) is 0 Å². The first-order valence-electron chi connectivity index (χ1n) is 6.58. The highest BCUT2D eigenvalue weighted by Gasteiger charge is 2.42. The van der Waals surface area contributed by atoms with Gasteiger partial charge in [-0.2, -0.15) is 11.8 Å². The second-order valence-electron chi connectivity index (χ2n) is 5.49. The summed E-state index contributed by atoms with van der Waals surface area (Å²) in [6.07, 6.45) is 7.13. The summed E-state index contributed by atoms with van der Waals surface area (Å²) in [7, 11) is 0. The Hall–Kier alpha value is 0.310. The van der Waals surface area contributed by atoms with Gasteiger partial charge in [0, 0.05) is 5.54 Å². The Balaban J connectivity index is 2.09. The molecule has 0 aromatic rings. The third kappa shape index (κ3) is 2.36. The molecule has 0 aromatic carbocycles. The highest BCUT2D eigenvalue weighted by atomic mass is 32.2. The molecule has 1 N–H and O–H groups in total. The van der Waals surface area contributed by atoms with Crippen LogP contribution in [0.1, 0.15) is 46.0 Å². The zero-order valence-corrected chi connectivity index (χ0v) is 11.0. The van der Waals surface area contributed by atoms with Crippen molar-refractivity contribution < 1.29 is 0 Å². The molecule has 0 radical (unpaired) electrons. The molecule has 2 heteroatoms. The molecular weight excluding hydrogens is 202 g/mol. The van der Waals surface area contributed by atoms with Crippen LogP contribution in [-0.4, -0.2) is 23.6 Å². The van der Waals surface area contributed by atoms with E-state index < -0.39 is 0 Å². The van der Waals surface area contributed by atoms with Crippen molar-refractivity contribution in [3.63, 3.8) is 0 Å². The van der Waals surface area contributed by atoms with Gasteiger partial charge in [-0.05, 0) is 55.6 Å². The van der Waals surface area contributed by atoms with Gasteiger partial charge in [-0.3, -0.25) is 0 Å². The molecule has 2 aliphatic rings. The topological polar surface area (TPSA) is 12.0 Å². The van der Waals surface area contributed by atoms with Crippen LogP contribution >= 0.6 is 11.8 Å². The Morgan fingerprint density at radius 1 is 1.27 bits per heavy atom. The molecule has 1 nitrogen and oxygen atoms in total. The van der Waals surface area contributed by atoms with E-state index in [0.717, 1.165) is 11.8 Å². The number of hydrogen-bond acceptors (Lipinski definition) is 2. The summed E-state index contributed by atoms with van der Waals surface area (Å²) in [5.74, 6) is 4.51. The van der Waals surface area contributed by atoms with Gasteiger partial charge in [0.2, 0.25) is 0 Å². The van der Waals surface area contributed by atoms with E-state index in [1.165, 1.54) is 50.2 Å². The number of rotatable bonds is 2. The monoisotopic (exact) mass is 227 g/mol. The average Bonchev–Trinajstić information content (AvgIpc) is 2.31. The third-order valence-electron chi connectivity index (χ3n) is 4.39. The first kappa shape index (κ1) is 11.8. The predicted molar refractivity (Wildman–Crippen MR) is 69.5 cm³/mol. The molecule has 0 aromatic heterocycles. The van der Waals surface area contributed by atoms with Gasteiger partial charge >= 0.3 is 0 Å². The maximum Gasteiger partial charge on any atom is 0.0240 e. The first-order valence-corrected chi connectivity index (χ1v) is 7.74. The van der Waals surface area contributed by atoms with Crippen molar-refractivity contribution in [2.24, 2.45) is 11.8 Å². The fraction of sp³-hybridized carbons (Fsp3) is 1.00. The highest BCUT2D eigenvalue weighted by Crippen LogP contribution is 2.40. The molecule has 2 atom stereocenters. The molecular formula is C13H25NS. The summed E-state index contributed by atoms with van der Waals surface area (Å²) in [6, 6.07) is 0. The van der Waals surface area contributed by atoms with Crippen molar-refractivity contribution in [1.29, 1.82) is 0 Å². The number of thioether (sulfide) groups is 1. The first-order chi connectivity index (χ1) is 7.26. The zero-order valence-electron chi connectivity index (χ0n) is 10.2. The minimum atomic E-state index is 0.478. The van der Waals surface area contributed by atoms with Gasteiger partial charge < -0.3 is 5.32 Å². The van der Waals surface area contributed by atoms with Crippen LogP contribution in [0.5, 0.6) is 0 Å². The van der Waals surface area contributed by atoms with E-state index >= 15 is 0 Å². The number of nitrogens with one attached hydrogen (secondary N) is 1. The van der Waals surface area contributed by atoms with Gasteiger partial charge in [-0.25, -0.2) is 0 Å². The molecule has 0 saturated carbocycles. The van der Waals surface area contributed by atoms with E-state index in [-0.39, 0.29) is 0 Å². The van der Waals surface area contributed by atoms with Crippen LogP contribution in [0.25, 0.3) is 0 Å². The lowest BCUT2D eigenvalue weighted by Gasteiger charge is -2.49. The lowest BCUT2D eigenvalue weighted by molar-refractivity contribution is 0.109. The van der Waals surface area contributed by atoms with Crippen molar-refractivity contribution >= 4 is 11.8 Å². The maximum atomic E-state index is 3.89. The van der Waals surface area contributed by atoms with Crippen LogP contribution in [-0.2, 0) is 0 Å². The van der Waals surface area contributed by atoms with Crippen molar-refractivity contribution in [3.05, 3.63) is 0 Å². The number of piperidine rings is 1. The Kier molecular flexibility index (Phi) is 4.00. The third-order valence-corrected chi connectivity index (χ3v) is 5.61. The van der Waals surface area contributed by atoms with E-state index in [0.29, 0.717) is 5.54 Å². The molecule has 2 unspecified atom stereocenters. The lowest BCUT2D eigenvalue weighted by atomic mass is 9.69. The van der Waals surface area contributed by atoms with Crippen molar-refractivity contribution in [2.75, 3.05) is 18.1 Å². The summed E-state index contributed by atoms with van der Waals surface area (Å²) in [5.41, 5.74) is 0.478. The van der Waals surface area contributed by atoms with Crippen molar-refractivity contribution in [2.45, 2.75) is 51.5 Å². The van der Waals surface area contributed by atoms with E-state index in [1.807, 2.05) is 0 Å². The van der Waals surface area contributed by atoms with Crippen LogP contribution in [0.15, 0.2) is 0 Å². The van der Waals surface area contributed by atoms with Crippen molar-refractivity contribution in [3.8, 4) is 0 Å². The Morgan fingerprint density at radius 2 is 2.13 bits per heavy atom. The lowest BCUT2D eigenvalue weighted by Crippen LogP contribution is -2.58. The van der Waals surface area contributed by atoms with Crippen LogP contribution in [0.4, 0.5) is 0 Å². The van der Waals surface area contributed by atoms with Crippen LogP contribution < -0.4 is 5.32 Å². The second-order valence-corrected chi connectivity index (χ2v) is 6.64.